The Bertz CT molecular complexity index is 636. The molecule has 0 amide bonds. The van der Waals surface area contributed by atoms with E-state index in [0.717, 1.165) is 18.6 Å². The Morgan fingerprint density at radius 3 is 2.57 bits per heavy atom. The van der Waals surface area contributed by atoms with Gasteiger partial charge in [-0.2, -0.15) is 0 Å². The maximum Gasteiger partial charge on any atom is 0.120 e. The van der Waals surface area contributed by atoms with Crippen LogP contribution in [-0.4, -0.2) is 12.2 Å². The van der Waals surface area contributed by atoms with E-state index in [4.69, 9.17) is 9.47 Å². The zero-order valence-electron chi connectivity index (χ0n) is 14.3. The Morgan fingerprint density at radius 2 is 1.91 bits per heavy atom. The molecule has 2 heteroatoms. The lowest BCUT2D eigenvalue weighted by atomic mass is 9.93. The molecule has 122 valence electrons. The van der Waals surface area contributed by atoms with E-state index >= 15 is 0 Å². The standard InChI is InChI=1S/C21H26O2/c1-4-20-21(23-20)16(3)12-18-10-11-19(13-15(18)2)22-14-17-8-6-5-7-9-17/h5-11,13,16,20-21H,4,12,14H2,1-3H3. The van der Waals surface area contributed by atoms with Crippen LogP contribution in [-0.2, 0) is 17.8 Å². The molecule has 2 nitrogen and oxygen atoms in total. The summed E-state index contributed by atoms with van der Waals surface area (Å²) >= 11 is 0. The number of benzene rings is 2. The minimum Gasteiger partial charge on any atom is -0.489 e. The van der Waals surface area contributed by atoms with Gasteiger partial charge < -0.3 is 9.47 Å². The van der Waals surface area contributed by atoms with Crippen LogP contribution >= 0.6 is 0 Å². The molecule has 1 fully saturated rings. The quantitative estimate of drug-likeness (QED) is 0.676. The Morgan fingerprint density at radius 1 is 1.13 bits per heavy atom. The Hall–Kier alpha value is -1.80. The monoisotopic (exact) mass is 310 g/mol. The van der Waals surface area contributed by atoms with E-state index in [1.807, 2.05) is 18.2 Å². The third kappa shape index (κ3) is 4.14. The van der Waals surface area contributed by atoms with Crippen LogP contribution in [0.1, 0.15) is 37.0 Å². The highest BCUT2D eigenvalue weighted by Crippen LogP contribution is 2.34. The zero-order valence-corrected chi connectivity index (χ0v) is 14.3. The van der Waals surface area contributed by atoms with E-state index in [-0.39, 0.29) is 0 Å². The summed E-state index contributed by atoms with van der Waals surface area (Å²) < 4.78 is 11.6. The maximum absolute atomic E-state index is 5.90. The topological polar surface area (TPSA) is 21.8 Å². The van der Waals surface area contributed by atoms with Gasteiger partial charge in [0.1, 0.15) is 12.4 Å². The number of aryl methyl sites for hydroxylation is 1. The Kier molecular flexibility index (Phi) is 5.02. The molecule has 3 atom stereocenters. The first-order valence-electron chi connectivity index (χ1n) is 8.59. The van der Waals surface area contributed by atoms with E-state index < -0.39 is 0 Å². The second kappa shape index (κ2) is 7.18. The summed E-state index contributed by atoms with van der Waals surface area (Å²) in [6, 6.07) is 16.7. The Balaban J connectivity index is 1.57. The maximum atomic E-state index is 5.90. The molecule has 3 unspecified atom stereocenters. The van der Waals surface area contributed by atoms with Crippen molar-refractivity contribution >= 4 is 0 Å². The normalized spacial score (nSPS) is 21.0. The molecule has 0 N–H and O–H groups in total. The largest absolute Gasteiger partial charge is 0.489 e. The van der Waals surface area contributed by atoms with E-state index in [9.17, 15) is 0 Å². The van der Waals surface area contributed by atoms with Gasteiger partial charge in [-0.1, -0.05) is 50.2 Å². The summed E-state index contributed by atoms with van der Waals surface area (Å²) in [5.74, 6) is 1.52. The van der Waals surface area contributed by atoms with Crippen LogP contribution in [0.15, 0.2) is 48.5 Å². The van der Waals surface area contributed by atoms with Crippen molar-refractivity contribution in [1.29, 1.82) is 0 Å². The molecule has 3 rings (SSSR count). The summed E-state index contributed by atoms with van der Waals surface area (Å²) in [6.07, 6.45) is 3.14. The summed E-state index contributed by atoms with van der Waals surface area (Å²) in [6.45, 7) is 7.27. The molecule has 23 heavy (non-hydrogen) atoms. The van der Waals surface area contributed by atoms with Crippen LogP contribution in [0.25, 0.3) is 0 Å². The fourth-order valence-electron chi connectivity index (χ4n) is 3.18. The third-order valence-electron chi connectivity index (χ3n) is 4.69. The van der Waals surface area contributed by atoms with Crippen LogP contribution in [0.3, 0.4) is 0 Å². The lowest BCUT2D eigenvalue weighted by Crippen LogP contribution is -2.10. The van der Waals surface area contributed by atoms with Gasteiger partial charge in [-0.3, -0.25) is 0 Å². The fraction of sp³-hybridized carbons (Fsp3) is 0.429. The number of hydrogen-bond acceptors (Lipinski definition) is 2. The highest BCUT2D eigenvalue weighted by Gasteiger charge is 2.41. The van der Waals surface area contributed by atoms with Crippen molar-refractivity contribution < 1.29 is 9.47 Å². The lowest BCUT2D eigenvalue weighted by molar-refractivity contribution is 0.305. The van der Waals surface area contributed by atoms with Gasteiger partial charge in [-0.05, 0) is 54.5 Å². The first-order valence-corrected chi connectivity index (χ1v) is 8.59. The minimum atomic E-state index is 0.452. The summed E-state index contributed by atoms with van der Waals surface area (Å²) in [4.78, 5) is 0. The van der Waals surface area contributed by atoms with Gasteiger partial charge in [0.2, 0.25) is 0 Å². The molecule has 1 saturated heterocycles. The first kappa shape index (κ1) is 16.1. The van der Waals surface area contributed by atoms with Crippen molar-refractivity contribution in [2.75, 3.05) is 0 Å². The average molecular weight is 310 g/mol. The molecule has 0 spiro atoms. The molecule has 0 aromatic heterocycles. The number of rotatable bonds is 7. The van der Waals surface area contributed by atoms with Gasteiger partial charge in [0.15, 0.2) is 0 Å². The van der Waals surface area contributed by atoms with Crippen LogP contribution < -0.4 is 4.74 Å². The third-order valence-corrected chi connectivity index (χ3v) is 4.69. The molecule has 1 aliphatic heterocycles. The van der Waals surface area contributed by atoms with Crippen LogP contribution in [0.5, 0.6) is 5.75 Å². The predicted molar refractivity (Wildman–Crippen MR) is 93.8 cm³/mol. The molecule has 0 aliphatic carbocycles. The minimum absolute atomic E-state index is 0.452. The van der Waals surface area contributed by atoms with Gasteiger partial charge in [-0.25, -0.2) is 0 Å². The second-order valence-corrected chi connectivity index (χ2v) is 6.59. The molecule has 0 radical (unpaired) electrons. The second-order valence-electron chi connectivity index (χ2n) is 6.59. The van der Waals surface area contributed by atoms with Crippen LogP contribution in [0, 0.1) is 12.8 Å². The lowest BCUT2D eigenvalue weighted by Gasteiger charge is -2.13. The van der Waals surface area contributed by atoms with Gasteiger partial charge >= 0.3 is 0 Å². The molecule has 0 bridgehead atoms. The van der Waals surface area contributed by atoms with E-state index in [2.05, 4.69) is 51.1 Å². The molecular weight excluding hydrogens is 284 g/mol. The van der Waals surface area contributed by atoms with Gasteiger partial charge in [-0.15, -0.1) is 0 Å². The number of hydrogen-bond donors (Lipinski definition) is 0. The Labute approximate surface area is 139 Å². The van der Waals surface area contributed by atoms with E-state index in [0.29, 0.717) is 24.7 Å². The van der Waals surface area contributed by atoms with E-state index in [1.54, 1.807) is 0 Å². The highest BCUT2D eigenvalue weighted by molar-refractivity contribution is 5.35. The van der Waals surface area contributed by atoms with Crippen molar-refractivity contribution in [2.45, 2.75) is 52.4 Å². The van der Waals surface area contributed by atoms with Crippen molar-refractivity contribution in [3.63, 3.8) is 0 Å². The molecule has 1 aliphatic rings. The first-order chi connectivity index (χ1) is 11.2. The van der Waals surface area contributed by atoms with Crippen molar-refractivity contribution in [3.8, 4) is 5.75 Å². The fourth-order valence-corrected chi connectivity index (χ4v) is 3.18. The van der Waals surface area contributed by atoms with Crippen molar-refractivity contribution in [2.24, 2.45) is 5.92 Å². The molecular formula is C21H26O2. The van der Waals surface area contributed by atoms with Crippen molar-refractivity contribution in [3.05, 3.63) is 65.2 Å². The van der Waals surface area contributed by atoms with Crippen LogP contribution in [0.2, 0.25) is 0 Å². The SMILES string of the molecule is CCC1OC1C(C)Cc1ccc(OCc2ccccc2)cc1C. The molecule has 1 heterocycles. The summed E-state index contributed by atoms with van der Waals surface area (Å²) in [5.41, 5.74) is 3.89. The smallest absolute Gasteiger partial charge is 0.120 e. The molecule has 2 aromatic rings. The highest BCUT2D eigenvalue weighted by atomic mass is 16.6. The van der Waals surface area contributed by atoms with E-state index in [1.165, 1.54) is 16.7 Å². The van der Waals surface area contributed by atoms with Gasteiger partial charge in [0, 0.05) is 0 Å². The molecule has 2 aromatic carbocycles. The summed E-state index contributed by atoms with van der Waals surface area (Å²) in [7, 11) is 0. The van der Waals surface area contributed by atoms with Gasteiger partial charge in [0.25, 0.3) is 0 Å². The predicted octanol–water partition coefficient (Wildman–Crippen LogP) is 4.93. The number of epoxide rings is 1. The van der Waals surface area contributed by atoms with Crippen molar-refractivity contribution in [1.82, 2.24) is 0 Å². The van der Waals surface area contributed by atoms with Gasteiger partial charge in [0.05, 0.1) is 12.2 Å². The molecule has 0 saturated carbocycles. The number of ether oxygens (including phenoxy) is 2. The zero-order chi connectivity index (χ0) is 16.2. The van der Waals surface area contributed by atoms with Crippen LogP contribution in [0.4, 0.5) is 0 Å². The average Bonchev–Trinajstić information content (AvgIpc) is 3.36. The summed E-state index contributed by atoms with van der Waals surface area (Å²) in [5, 5.41) is 0.